The van der Waals surface area contributed by atoms with Crippen LogP contribution in [0, 0.1) is 19.7 Å². The first kappa shape index (κ1) is 24.6. The second-order valence-corrected chi connectivity index (χ2v) is 7.64. The van der Waals surface area contributed by atoms with Gasteiger partial charge in [0.25, 0.3) is 5.56 Å². The average Bonchev–Trinajstić information content (AvgIpc) is 3.20. The summed E-state index contributed by atoms with van der Waals surface area (Å²) in [5.41, 5.74) is 5.34. The molecule has 3 aromatic rings. The molecule has 1 atom stereocenters. The number of cyclic esters (lactones) is 1. The largest absolute Gasteiger partial charge is 0.458 e. The molecular formula is C26H31FN2O4. The van der Waals surface area contributed by atoms with Crippen LogP contribution in [0.4, 0.5) is 4.39 Å². The van der Waals surface area contributed by atoms with Crippen LogP contribution in [0.2, 0.25) is 0 Å². The lowest BCUT2D eigenvalue weighted by Gasteiger charge is -2.21. The monoisotopic (exact) mass is 454 g/mol. The summed E-state index contributed by atoms with van der Waals surface area (Å²) >= 11 is 0. The van der Waals surface area contributed by atoms with Crippen LogP contribution in [-0.4, -0.2) is 20.6 Å². The van der Waals surface area contributed by atoms with E-state index in [2.05, 4.69) is 0 Å². The number of fused-ring (bicyclic) bond motifs is 5. The lowest BCUT2D eigenvalue weighted by molar-refractivity contribution is -0.157. The minimum Gasteiger partial charge on any atom is -0.458 e. The van der Waals surface area contributed by atoms with Gasteiger partial charge in [0.15, 0.2) is 6.10 Å². The highest BCUT2D eigenvalue weighted by Gasteiger charge is 2.34. The molecule has 1 N–H and O–H groups in total. The molecule has 6 nitrogen and oxygen atoms in total. The number of aromatic nitrogens is 2. The summed E-state index contributed by atoms with van der Waals surface area (Å²) in [6.07, 6.45) is -0.783. The Morgan fingerprint density at radius 3 is 2.42 bits per heavy atom. The van der Waals surface area contributed by atoms with Gasteiger partial charge in [0.2, 0.25) is 0 Å². The summed E-state index contributed by atoms with van der Waals surface area (Å²) < 4.78 is 20.9. The normalized spacial score (nSPS) is 15.4. The van der Waals surface area contributed by atoms with Crippen molar-refractivity contribution in [1.29, 1.82) is 0 Å². The Labute approximate surface area is 193 Å². The number of hydrogen-bond donors (Lipinski definition) is 1. The van der Waals surface area contributed by atoms with E-state index >= 15 is 0 Å². The van der Waals surface area contributed by atoms with Gasteiger partial charge in [0, 0.05) is 22.6 Å². The van der Waals surface area contributed by atoms with Gasteiger partial charge in [0.1, 0.15) is 12.4 Å². The van der Waals surface area contributed by atoms with E-state index in [-0.39, 0.29) is 29.1 Å². The highest BCUT2D eigenvalue weighted by Crippen LogP contribution is 2.39. The summed E-state index contributed by atoms with van der Waals surface area (Å²) in [4.78, 5) is 29.5. The summed E-state index contributed by atoms with van der Waals surface area (Å²) in [5, 5.41) is 11.1. The quantitative estimate of drug-likeness (QED) is 0.414. The topological polar surface area (TPSA) is 81.4 Å². The number of esters is 1. The van der Waals surface area contributed by atoms with Gasteiger partial charge in [-0.25, -0.2) is 14.2 Å². The van der Waals surface area contributed by atoms with Crippen LogP contribution in [0.25, 0.3) is 22.3 Å². The van der Waals surface area contributed by atoms with Gasteiger partial charge in [-0.05, 0) is 43.0 Å². The lowest BCUT2D eigenvalue weighted by atomic mass is 9.93. The van der Waals surface area contributed by atoms with Crippen LogP contribution >= 0.6 is 0 Å². The number of aryl methyl sites for hydroxylation is 2. The third kappa shape index (κ3) is 3.64. The van der Waals surface area contributed by atoms with Gasteiger partial charge in [-0.15, -0.1) is 0 Å². The predicted molar refractivity (Wildman–Crippen MR) is 127 cm³/mol. The third-order valence-electron chi connectivity index (χ3n) is 6.22. The molecule has 33 heavy (non-hydrogen) atoms. The number of carbonyl (C=O) groups is 1. The number of halogens is 1. The number of ether oxygens (including phenoxy) is 1. The van der Waals surface area contributed by atoms with Crippen molar-refractivity contribution in [3.63, 3.8) is 0 Å². The zero-order chi connectivity index (χ0) is 24.6. The van der Waals surface area contributed by atoms with E-state index in [4.69, 9.17) is 9.72 Å². The number of carbonyl (C=O) groups excluding carboxylic acids is 1. The molecule has 0 aliphatic carbocycles. The maximum absolute atomic E-state index is 14.4. The Bertz CT molecular complexity index is 1310. The molecule has 4 heterocycles. The second kappa shape index (κ2) is 9.43. The van der Waals surface area contributed by atoms with Gasteiger partial charge >= 0.3 is 5.97 Å². The van der Waals surface area contributed by atoms with Crippen LogP contribution in [0.15, 0.2) is 16.9 Å². The molecule has 2 aliphatic heterocycles. The first-order valence-electron chi connectivity index (χ1n) is 11.6. The first-order valence-corrected chi connectivity index (χ1v) is 11.6. The van der Waals surface area contributed by atoms with Crippen LogP contribution in [0.1, 0.15) is 74.1 Å². The second-order valence-electron chi connectivity index (χ2n) is 7.64. The summed E-state index contributed by atoms with van der Waals surface area (Å²) in [7, 11) is 0. The van der Waals surface area contributed by atoms with Crippen molar-refractivity contribution in [1.82, 2.24) is 9.55 Å². The number of aliphatic hydroxyl groups excluding tert-OH is 1. The van der Waals surface area contributed by atoms with Crippen molar-refractivity contribution >= 4 is 16.9 Å². The fraction of sp³-hybridized carbons (Fsp3) is 0.423. The van der Waals surface area contributed by atoms with E-state index in [9.17, 15) is 19.1 Å². The SMILES string of the molecule is CC.CC.CCc1c2c(nc3cc(F)c(C)c(C)c13)-c1cc3c(c(=O)n1C2)COC(=O)C3O. The van der Waals surface area contributed by atoms with Crippen molar-refractivity contribution in [2.45, 2.75) is 74.1 Å². The van der Waals surface area contributed by atoms with Gasteiger partial charge < -0.3 is 14.4 Å². The molecule has 0 saturated carbocycles. The fourth-order valence-corrected chi connectivity index (χ4v) is 4.54. The van der Waals surface area contributed by atoms with E-state index in [1.165, 1.54) is 6.07 Å². The summed E-state index contributed by atoms with van der Waals surface area (Å²) in [6, 6.07) is 3.08. The zero-order valence-corrected chi connectivity index (χ0v) is 20.3. The van der Waals surface area contributed by atoms with Crippen molar-refractivity contribution in [2.24, 2.45) is 0 Å². The molecule has 2 aromatic heterocycles. The van der Waals surface area contributed by atoms with Crippen molar-refractivity contribution < 1.29 is 19.0 Å². The molecule has 0 spiro atoms. The molecule has 0 radical (unpaired) electrons. The number of rotatable bonds is 1. The van der Waals surface area contributed by atoms with Gasteiger partial charge in [-0.2, -0.15) is 0 Å². The standard InChI is InChI=1S/C22H19FN2O4.2C2H6/c1-4-11-13-7-25-17(5-12-14(21(25)27)8-29-22(28)20(12)26)19(13)24-16-6-15(23)9(2)10(3)18(11)16;2*1-2/h5-6,20,26H,4,7-8H2,1-3H3;2*1-2H3. The average molecular weight is 455 g/mol. The number of pyridine rings is 2. The van der Waals surface area contributed by atoms with Gasteiger partial charge in [0.05, 0.1) is 29.0 Å². The Morgan fingerprint density at radius 2 is 1.79 bits per heavy atom. The van der Waals surface area contributed by atoms with Crippen LogP contribution < -0.4 is 5.56 Å². The Kier molecular flexibility index (Phi) is 7.03. The molecule has 7 heteroatoms. The van der Waals surface area contributed by atoms with Gasteiger partial charge in [-0.3, -0.25) is 4.79 Å². The van der Waals surface area contributed by atoms with Crippen LogP contribution in [-0.2, 0) is 29.1 Å². The number of hydrogen-bond acceptors (Lipinski definition) is 5. The highest BCUT2D eigenvalue weighted by atomic mass is 19.1. The molecule has 176 valence electrons. The van der Waals surface area contributed by atoms with E-state index in [1.807, 2.05) is 41.5 Å². The molecular weight excluding hydrogens is 423 g/mol. The molecule has 0 fully saturated rings. The fourth-order valence-electron chi connectivity index (χ4n) is 4.54. The number of nitrogens with zero attached hydrogens (tertiary/aromatic N) is 2. The lowest BCUT2D eigenvalue weighted by Crippen LogP contribution is -2.32. The maximum Gasteiger partial charge on any atom is 0.340 e. The smallest absolute Gasteiger partial charge is 0.340 e. The molecule has 0 bridgehead atoms. The highest BCUT2D eigenvalue weighted by molar-refractivity contribution is 5.91. The van der Waals surface area contributed by atoms with Crippen molar-refractivity contribution in [2.75, 3.05) is 0 Å². The number of aliphatic hydroxyl groups is 1. The van der Waals surface area contributed by atoms with Crippen molar-refractivity contribution in [3.05, 3.63) is 61.7 Å². The number of benzene rings is 1. The van der Waals surface area contributed by atoms with Crippen LogP contribution in [0.5, 0.6) is 0 Å². The molecule has 1 unspecified atom stereocenters. The molecule has 1 aromatic carbocycles. The zero-order valence-electron chi connectivity index (χ0n) is 20.3. The Hall–Kier alpha value is -3.06. The summed E-state index contributed by atoms with van der Waals surface area (Å²) in [5.74, 6) is -1.09. The maximum atomic E-state index is 14.4. The Morgan fingerprint density at radius 1 is 1.12 bits per heavy atom. The molecule has 2 aliphatic rings. The summed E-state index contributed by atoms with van der Waals surface area (Å²) in [6.45, 7) is 13.9. The van der Waals surface area contributed by atoms with Crippen LogP contribution in [0.3, 0.4) is 0 Å². The molecule has 5 rings (SSSR count). The van der Waals surface area contributed by atoms with E-state index < -0.39 is 12.1 Å². The first-order chi connectivity index (χ1) is 15.8. The van der Waals surface area contributed by atoms with Gasteiger partial charge in [-0.1, -0.05) is 34.6 Å². The third-order valence-corrected chi connectivity index (χ3v) is 6.22. The minimum atomic E-state index is -1.49. The predicted octanol–water partition coefficient (Wildman–Crippen LogP) is 4.89. The molecule has 0 amide bonds. The Balaban J connectivity index is 0.000000728. The van der Waals surface area contributed by atoms with E-state index in [0.717, 1.165) is 22.1 Å². The minimum absolute atomic E-state index is 0.153. The van der Waals surface area contributed by atoms with E-state index in [0.29, 0.717) is 35.4 Å². The molecule has 0 saturated heterocycles. The van der Waals surface area contributed by atoms with Crippen molar-refractivity contribution in [3.8, 4) is 11.4 Å². The van der Waals surface area contributed by atoms with E-state index in [1.54, 1.807) is 17.6 Å².